The molecule has 0 spiro atoms. The van der Waals surface area contributed by atoms with Gasteiger partial charge in [-0.1, -0.05) is 19.2 Å². The van der Waals surface area contributed by atoms with E-state index in [1.54, 1.807) is 0 Å². The highest BCUT2D eigenvalue weighted by Gasteiger charge is 2.78. The lowest BCUT2D eigenvalue weighted by molar-refractivity contribution is -0.397. The van der Waals surface area contributed by atoms with Gasteiger partial charge in [0, 0.05) is 0 Å². The zero-order valence-electron chi connectivity index (χ0n) is 10.0. The summed E-state index contributed by atoms with van der Waals surface area (Å²) in [5.74, 6) is -0.678. The fraction of sp³-hybridized carbons (Fsp3) is 1.00. The summed E-state index contributed by atoms with van der Waals surface area (Å²) >= 11 is 0. The van der Waals surface area contributed by atoms with Crippen molar-refractivity contribution < 1.29 is 36.6 Å². The maximum Gasteiger partial charge on any atom is 0.428 e. The van der Waals surface area contributed by atoms with Gasteiger partial charge in [0.1, 0.15) is 6.10 Å². The van der Waals surface area contributed by atoms with Gasteiger partial charge in [0.2, 0.25) is 0 Å². The molecule has 1 saturated carbocycles. The first-order chi connectivity index (χ1) is 8.28. The molecule has 0 saturated heterocycles. The maximum absolute atomic E-state index is 12.6. The van der Waals surface area contributed by atoms with E-state index in [-0.39, 0.29) is 19.3 Å². The van der Waals surface area contributed by atoms with Crippen LogP contribution in [0.2, 0.25) is 5.82 Å². The number of alkyl halides is 6. The van der Waals surface area contributed by atoms with E-state index in [1.165, 1.54) is 6.92 Å². The Morgan fingerprint density at radius 3 is 1.68 bits per heavy atom. The Hall–Kier alpha value is -0.435. The molecule has 0 aromatic carbocycles. The van der Waals surface area contributed by atoms with Crippen molar-refractivity contribution in [1.82, 2.24) is 0 Å². The van der Waals surface area contributed by atoms with E-state index in [1.807, 2.05) is 0 Å². The fourth-order valence-corrected chi connectivity index (χ4v) is 2.30. The van der Waals surface area contributed by atoms with Crippen molar-refractivity contribution in [3.8, 4) is 0 Å². The van der Waals surface area contributed by atoms with Crippen LogP contribution in [0, 0.1) is 5.41 Å². The third-order valence-corrected chi connectivity index (χ3v) is 3.46. The molecule has 0 aromatic rings. The Balaban J connectivity index is 3.14. The van der Waals surface area contributed by atoms with E-state index < -0.39 is 35.3 Å². The van der Waals surface area contributed by atoms with Gasteiger partial charge >= 0.3 is 12.4 Å². The first-order valence-electron chi connectivity index (χ1n) is 5.57. The zero-order valence-corrected chi connectivity index (χ0v) is 10.0. The summed E-state index contributed by atoms with van der Waals surface area (Å²) in [4.78, 5) is 0. The number of hydrogen-bond donors (Lipinski definition) is 2. The van der Waals surface area contributed by atoms with Gasteiger partial charge in [-0.15, -0.1) is 0 Å². The minimum Gasteiger partial charge on any atom is -0.389 e. The minimum atomic E-state index is -6.02. The van der Waals surface area contributed by atoms with Crippen molar-refractivity contribution in [2.24, 2.45) is 5.41 Å². The van der Waals surface area contributed by atoms with Crippen molar-refractivity contribution in [2.45, 2.75) is 56.1 Å². The molecule has 0 heterocycles. The normalized spacial score (nSPS) is 23.0. The van der Waals surface area contributed by atoms with E-state index in [9.17, 15) is 31.4 Å². The van der Waals surface area contributed by atoms with Crippen LogP contribution >= 0.6 is 0 Å². The first kappa shape index (κ1) is 16.6. The SMILES string of the molecule is [B]C(C)CC1([C@H](O)C(O)(C(F)(F)F)C(F)(F)F)CC1. The highest BCUT2D eigenvalue weighted by Crippen LogP contribution is 2.60. The molecule has 2 radical (unpaired) electrons. The van der Waals surface area contributed by atoms with Crippen LogP contribution in [0.3, 0.4) is 0 Å². The van der Waals surface area contributed by atoms with Crippen molar-refractivity contribution in [1.29, 1.82) is 0 Å². The number of hydrogen-bond acceptors (Lipinski definition) is 2. The summed E-state index contributed by atoms with van der Waals surface area (Å²) in [6.45, 7) is 1.41. The summed E-state index contributed by atoms with van der Waals surface area (Å²) in [6, 6.07) is 0. The molecule has 1 aliphatic rings. The van der Waals surface area contributed by atoms with Crippen LogP contribution in [0.1, 0.15) is 26.2 Å². The summed E-state index contributed by atoms with van der Waals surface area (Å²) in [5, 5.41) is 18.6. The van der Waals surface area contributed by atoms with E-state index in [2.05, 4.69) is 0 Å². The number of aliphatic hydroxyl groups excluding tert-OH is 1. The zero-order chi connectivity index (χ0) is 15.3. The first-order valence-corrected chi connectivity index (χ1v) is 5.57. The fourth-order valence-electron chi connectivity index (χ4n) is 2.30. The molecular formula is C10H13BF6O2. The van der Waals surface area contributed by atoms with Gasteiger partial charge in [0.15, 0.2) is 0 Å². The average molecular weight is 290 g/mol. The summed E-state index contributed by atoms with van der Waals surface area (Å²) in [6.07, 6.45) is -15.3. The molecular weight excluding hydrogens is 277 g/mol. The standard InChI is InChI=1S/C10H13BF6O2/c1-5(11)4-7(2-3-7)6(18)8(19,9(12,13)14)10(15,16)17/h5-6,18-19H,2-4H2,1H3/t5?,6-/m0/s1. The second-order valence-electron chi connectivity index (χ2n) is 5.21. The van der Waals surface area contributed by atoms with Crippen LogP contribution in [0.15, 0.2) is 0 Å². The quantitative estimate of drug-likeness (QED) is 0.616. The average Bonchev–Trinajstić information content (AvgIpc) is 2.91. The molecule has 110 valence electrons. The lowest BCUT2D eigenvalue weighted by Gasteiger charge is -2.40. The summed E-state index contributed by atoms with van der Waals surface area (Å²) in [7, 11) is 5.36. The molecule has 19 heavy (non-hydrogen) atoms. The topological polar surface area (TPSA) is 40.5 Å². The van der Waals surface area contributed by atoms with Crippen LogP contribution < -0.4 is 0 Å². The molecule has 1 aliphatic carbocycles. The number of rotatable bonds is 4. The molecule has 0 aromatic heterocycles. The molecule has 9 heteroatoms. The van der Waals surface area contributed by atoms with Gasteiger partial charge in [-0.25, -0.2) is 0 Å². The highest BCUT2D eigenvalue weighted by molar-refractivity contribution is 6.11. The molecule has 1 unspecified atom stereocenters. The molecule has 2 nitrogen and oxygen atoms in total. The van der Waals surface area contributed by atoms with E-state index in [4.69, 9.17) is 13.0 Å². The monoisotopic (exact) mass is 290 g/mol. The van der Waals surface area contributed by atoms with Crippen LogP contribution in [0.4, 0.5) is 26.3 Å². The van der Waals surface area contributed by atoms with Crippen molar-refractivity contribution in [2.75, 3.05) is 0 Å². The lowest BCUT2D eigenvalue weighted by Crippen LogP contribution is -2.66. The van der Waals surface area contributed by atoms with Gasteiger partial charge in [-0.2, -0.15) is 26.3 Å². The van der Waals surface area contributed by atoms with Crippen LogP contribution in [0.25, 0.3) is 0 Å². The largest absolute Gasteiger partial charge is 0.428 e. The second kappa shape index (κ2) is 4.54. The Morgan fingerprint density at radius 1 is 1.11 bits per heavy atom. The number of halogens is 6. The third-order valence-electron chi connectivity index (χ3n) is 3.46. The van der Waals surface area contributed by atoms with E-state index in [0.717, 1.165) is 0 Å². The van der Waals surface area contributed by atoms with Crippen LogP contribution in [-0.4, -0.2) is 42.1 Å². The predicted molar refractivity (Wildman–Crippen MR) is 54.5 cm³/mol. The molecule has 0 amide bonds. The Bertz CT molecular complexity index is 320. The molecule has 0 aliphatic heterocycles. The third kappa shape index (κ3) is 2.72. The number of aliphatic hydroxyl groups is 2. The minimum absolute atomic E-state index is 0.0375. The van der Waals surface area contributed by atoms with Crippen molar-refractivity contribution in [3.05, 3.63) is 0 Å². The van der Waals surface area contributed by atoms with Crippen LogP contribution in [-0.2, 0) is 0 Å². The molecule has 1 rings (SSSR count). The van der Waals surface area contributed by atoms with Gasteiger partial charge < -0.3 is 10.2 Å². The summed E-state index contributed by atoms with van der Waals surface area (Å²) < 4.78 is 75.5. The van der Waals surface area contributed by atoms with Gasteiger partial charge in [-0.05, 0) is 18.3 Å². The van der Waals surface area contributed by atoms with Gasteiger partial charge in [0.05, 0.1) is 7.85 Å². The van der Waals surface area contributed by atoms with E-state index >= 15 is 0 Å². The van der Waals surface area contributed by atoms with Gasteiger partial charge in [-0.3, -0.25) is 0 Å². The van der Waals surface area contributed by atoms with Gasteiger partial charge in [0.25, 0.3) is 5.60 Å². The molecule has 1 fully saturated rings. The van der Waals surface area contributed by atoms with Crippen molar-refractivity contribution >= 4 is 7.85 Å². The summed E-state index contributed by atoms with van der Waals surface area (Å²) in [5.41, 5.74) is -6.76. The second-order valence-corrected chi connectivity index (χ2v) is 5.21. The molecule has 0 bridgehead atoms. The van der Waals surface area contributed by atoms with Crippen LogP contribution in [0.5, 0.6) is 0 Å². The smallest absolute Gasteiger partial charge is 0.389 e. The Kier molecular flexibility index (Phi) is 3.98. The maximum atomic E-state index is 12.6. The Labute approximate surface area is 107 Å². The molecule has 2 atom stereocenters. The Morgan fingerprint density at radius 2 is 1.47 bits per heavy atom. The highest BCUT2D eigenvalue weighted by atomic mass is 19.4. The lowest BCUT2D eigenvalue weighted by atomic mass is 9.73. The van der Waals surface area contributed by atoms with Crippen molar-refractivity contribution in [3.63, 3.8) is 0 Å². The molecule has 2 N–H and O–H groups in total. The van der Waals surface area contributed by atoms with E-state index in [0.29, 0.717) is 0 Å². The predicted octanol–water partition coefficient (Wildman–Crippen LogP) is 2.35.